The van der Waals surface area contributed by atoms with Gasteiger partial charge in [0, 0.05) is 56.4 Å². The molecule has 240 valence electrons. The summed E-state index contributed by atoms with van der Waals surface area (Å²) >= 11 is 6.14. The number of alkyl halides is 6. The number of hydrogen-bond donors (Lipinski definition) is 3. The molecule has 0 aromatic heterocycles. The second-order valence-corrected chi connectivity index (χ2v) is 9.98. The van der Waals surface area contributed by atoms with Crippen LogP contribution in [0.2, 0.25) is 5.02 Å². The van der Waals surface area contributed by atoms with Crippen LogP contribution in [0.15, 0.2) is 60.7 Å². The summed E-state index contributed by atoms with van der Waals surface area (Å²) in [4.78, 5) is 35.0. The molecule has 0 bridgehead atoms. The Morgan fingerprint density at radius 1 is 0.795 bits per heavy atom. The fourth-order valence-electron chi connectivity index (χ4n) is 4.06. The maximum atomic E-state index is 12.4. The molecule has 0 aliphatic carbocycles. The van der Waals surface area contributed by atoms with E-state index >= 15 is 0 Å². The predicted octanol–water partition coefficient (Wildman–Crippen LogP) is 6.21. The lowest BCUT2D eigenvalue weighted by molar-refractivity contribution is -0.193. The molecule has 0 radical (unpaired) electrons. The largest absolute Gasteiger partial charge is 0.490 e. The topological polar surface area (TPSA) is 110 Å². The van der Waals surface area contributed by atoms with Gasteiger partial charge < -0.3 is 20.4 Å². The number of carboxylic acid groups (broad SMARTS) is 2. The van der Waals surface area contributed by atoms with Gasteiger partial charge in [-0.3, -0.25) is 9.69 Å². The van der Waals surface area contributed by atoms with E-state index in [1.807, 2.05) is 25.1 Å². The predicted molar refractivity (Wildman–Crippen MR) is 152 cm³/mol. The number of amides is 1. The molecule has 4 rings (SSSR count). The summed E-state index contributed by atoms with van der Waals surface area (Å²) in [6.45, 7) is 7.73. The van der Waals surface area contributed by atoms with Gasteiger partial charge in [-0.25, -0.2) is 9.59 Å². The highest BCUT2D eigenvalue weighted by molar-refractivity contribution is 6.31. The van der Waals surface area contributed by atoms with Crippen LogP contribution in [-0.2, 0) is 20.9 Å². The van der Waals surface area contributed by atoms with Crippen LogP contribution in [0.5, 0.6) is 0 Å². The molecular weight excluding hydrogens is 620 g/mol. The van der Waals surface area contributed by atoms with Crippen molar-refractivity contribution in [3.05, 3.63) is 76.8 Å². The molecule has 8 nitrogen and oxygen atoms in total. The third-order valence-corrected chi connectivity index (χ3v) is 6.83. The molecule has 0 spiro atoms. The molecule has 0 saturated carbocycles. The van der Waals surface area contributed by atoms with Crippen LogP contribution in [0.25, 0.3) is 10.8 Å². The Kier molecular flexibility index (Phi) is 13.4. The molecule has 1 amide bonds. The second kappa shape index (κ2) is 16.3. The van der Waals surface area contributed by atoms with Crippen molar-refractivity contribution in [1.29, 1.82) is 0 Å². The Balaban J connectivity index is 0.000000402. The van der Waals surface area contributed by atoms with Crippen molar-refractivity contribution in [3.8, 4) is 0 Å². The van der Waals surface area contributed by atoms with Gasteiger partial charge in [0.25, 0.3) is 0 Å². The number of benzene rings is 3. The summed E-state index contributed by atoms with van der Waals surface area (Å²) < 4.78 is 63.5. The molecule has 1 aliphatic heterocycles. The van der Waals surface area contributed by atoms with Crippen molar-refractivity contribution < 1.29 is 50.9 Å². The summed E-state index contributed by atoms with van der Waals surface area (Å²) in [6, 6.07) is 20.7. The lowest BCUT2D eigenvalue weighted by atomic mass is 10.0. The van der Waals surface area contributed by atoms with E-state index in [4.69, 9.17) is 31.4 Å². The molecule has 0 atom stereocenters. The first-order valence-electron chi connectivity index (χ1n) is 13.1. The van der Waals surface area contributed by atoms with Crippen molar-refractivity contribution in [2.24, 2.45) is 0 Å². The molecule has 1 saturated heterocycles. The molecule has 44 heavy (non-hydrogen) atoms. The van der Waals surface area contributed by atoms with Crippen molar-refractivity contribution in [2.45, 2.75) is 32.2 Å². The van der Waals surface area contributed by atoms with Gasteiger partial charge in [-0.05, 0) is 41.0 Å². The Bertz CT molecular complexity index is 1400. The first kappa shape index (κ1) is 36.3. The average molecular weight is 650 g/mol. The van der Waals surface area contributed by atoms with E-state index in [9.17, 15) is 31.1 Å². The van der Waals surface area contributed by atoms with Crippen LogP contribution in [0.1, 0.15) is 17.5 Å². The number of fused-ring (bicyclic) bond motifs is 1. The highest BCUT2D eigenvalue weighted by Gasteiger charge is 2.38. The number of carboxylic acids is 2. The molecule has 15 heteroatoms. The summed E-state index contributed by atoms with van der Waals surface area (Å²) in [7, 11) is 0. The molecule has 3 aromatic rings. The van der Waals surface area contributed by atoms with Gasteiger partial charge in [-0.2, -0.15) is 26.3 Å². The van der Waals surface area contributed by atoms with E-state index in [1.54, 1.807) is 0 Å². The lowest BCUT2D eigenvalue weighted by Crippen LogP contribution is -2.46. The summed E-state index contributed by atoms with van der Waals surface area (Å²) in [5.74, 6) is -5.47. The number of carbonyl (C=O) groups excluding carboxylic acids is 1. The molecule has 3 aromatic carbocycles. The normalized spacial score (nSPS) is 14.1. The average Bonchev–Trinajstić information content (AvgIpc) is 2.95. The van der Waals surface area contributed by atoms with Gasteiger partial charge in [0.15, 0.2) is 0 Å². The van der Waals surface area contributed by atoms with Crippen molar-refractivity contribution in [3.63, 3.8) is 0 Å². The number of hydrogen-bond acceptors (Lipinski definition) is 5. The lowest BCUT2D eigenvalue weighted by Gasteiger charge is -2.34. The van der Waals surface area contributed by atoms with E-state index in [0.29, 0.717) is 11.4 Å². The fourth-order valence-corrected chi connectivity index (χ4v) is 4.23. The minimum atomic E-state index is -5.08. The molecule has 3 N–H and O–H groups in total. The van der Waals surface area contributed by atoms with Crippen LogP contribution in [0.3, 0.4) is 0 Å². The zero-order chi connectivity index (χ0) is 33.1. The van der Waals surface area contributed by atoms with Gasteiger partial charge in [0.2, 0.25) is 5.91 Å². The minimum Gasteiger partial charge on any atom is -0.475 e. The Labute approximate surface area is 253 Å². The van der Waals surface area contributed by atoms with E-state index in [-0.39, 0.29) is 5.91 Å². The number of nitrogens with one attached hydrogen (secondary N) is 1. The third kappa shape index (κ3) is 12.0. The van der Waals surface area contributed by atoms with E-state index < -0.39 is 24.3 Å². The number of piperazine rings is 1. The van der Waals surface area contributed by atoms with Crippen LogP contribution in [0, 0.1) is 6.92 Å². The van der Waals surface area contributed by atoms with Crippen molar-refractivity contribution in [2.75, 3.05) is 38.0 Å². The first-order chi connectivity index (χ1) is 20.5. The minimum absolute atomic E-state index is 0.0403. The Hall–Kier alpha value is -3.88. The summed E-state index contributed by atoms with van der Waals surface area (Å²) in [5.41, 5.74) is 3.10. The quantitative estimate of drug-likeness (QED) is 0.272. The van der Waals surface area contributed by atoms with Gasteiger partial charge in [0.05, 0.1) is 0 Å². The monoisotopic (exact) mass is 649 g/mol. The number of halogens is 7. The maximum absolute atomic E-state index is 12.4. The molecule has 0 unspecified atom stereocenters. The molecular formula is C29H30ClF6N3O5. The fraction of sp³-hybridized carbons (Fsp3) is 0.345. The van der Waals surface area contributed by atoms with E-state index in [1.165, 1.54) is 16.3 Å². The van der Waals surface area contributed by atoms with Gasteiger partial charge in [0.1, 0.15) is 0 Å². The van der Waals surface area contributed by atoms with Crippen LogP contribution in [-0.4, -0.2) is 82.9 Å². The van der Waals surface area contributed by atoms with E-state index in [0.717, 1.165) is 50.5 Å². The first-order valence-corrected chi connectivity index (χ1v) is 13.4. The Morgan fingerprint density at radius 2 is 1.30 bits per heavy atom. The summed E-state index contributed by atoms with van der Waals surface area (Å²) in [6.07, 6.45) is -9.67. The highest BCUT2D eigenvalue weighted by atomic mass is 35.5. The maximum Gasteiger partial charge on any atom is 0.490 e. The highest BCUT2D eigenvalue weighted by Crippen LogP contribution is 2.23. The van der Waals surface area contributed by atoms with Crippen LogP contribution >= 0.6 is 11.6 Å². The van der Waals surface area contributed by atoms with Gasteiger partial charge in [-0.15, -0.1) is 0 Å². The van der Waals surface area contributed by atoms with Crippen LogP contribution in [0.4, 0.5) is 32.0 Å². The van der Waals surface area contributed by atoms with Crippen molar-refractivity contribution in [1.82, 2.24) is 9.80 Å². The van der Waals surface area contributed by atoms with Crippen LogP contribution < -0.4 is 5.32 Å². The van der Waals surface area contributed by atoms with E-state index in [2.05, 4.69) is 57.6 Å². The molecule has 1 aliphatic rings. The third-order valence-electron chi connectivity index (χ3n) is 6.42. The standard InChI is InChI=1S/C25H28ClN3O.2C2HF3O2/c1-19-23(26)10-5-11-24(19)27-25(30)12-13-28-14-16-29(17-15-28)18-21-8-4-7-20-6-2-3-9-22(20)21;2*3-2(4,5)1(6)7/h2-11H,12-18H2,1H3,(H,27,30);2*(H,6,7). The zero-order valence-corrected chi connectivity index (χ0v) is 24.1. The van der Waals surface area contributed by atoms with Crippen molar-refractivity contribution >= 4 is 45.9 Å². The number of anilines is 1. The number of nitrogens with zero attached hydrogens (tertiary/aromatic N) is 2. The Morgan fingerprint density at radius 3 is 1.86 bits per heavy atom. The molecule has 1 fully saturated rings. The second-order valence-electron chi connectivity index (χ2n) is 9.57. The number of aliphatic carboxylic acids is 2. The number of rotatable bonds is 6. The number of carbonyl (C=O) groups is 3. The zero-order valence-electron chi connectivity index (χ0n) is 23.4. The molecule has 1 heterocycles. The SMILES string of the molecule is Cc1c(Cl)cccc1NC(=O)CCN1CCN(Cc2cccc3ccccc23)CC1.O=C(O)C(F)(F)F.O=C(O)C(F)(F)F. The van der Waals surface area contributed by atoms with Gasteiger partial charge >= 0.3 is 24.3 Å². The smallest absolute Gasteiger partial charge is 0.475 e. The van der Waals surface area contributed by atoms with Gasteiger partial charge in [-0.1, -0.05) is 60.1 Å². The summed E-state index contributed by atoms with van der Waals surface area (Å²) in [5, 5.41) is 20.6.